The molecule has 0 aromatic heterocycles. The van der Waals surface area contributed by atoms with Crippen molar-refractivity contribution >= 4 is 0 Å². The van der Waals surface area contributed by atoms with Crippen LogP contribution in [0.4, 0.5) is 0 Å². The first-order chi connectivity index (χ1) is 12.2. The summed E-state index contributed by atoms with van der Waals surface area (Å²) in [7, 11) is 1.82. The zero-order valence-corrected chi connectivity index (χ0v) is 19.6. The van der Waals surface area contributed by atoms with Crippen molar-refractivity contribution < 1.29 is 10.0 Å². The quantitative estimate of drug-likeness (QED) is 0.643. The van der Waals surface area contributed by atoms with Crippen LogP contribution in [0.3, 0.4) is 0 Å². The van der Waals surface area contributed by atoms with Gasteiger partial charge in [0.2, 0.25) is 0 Å². The van der Waals surface area contributed by atoms with Gasteiger partial charge in [0.05, 0.1) is 7.11 Å². The Kier molecular flexibility index (Phi) is 6.79. The molecule has 0 aromatic carbocycles. The van der Waals surface area contributed by atoms with Gasteiger partial charge in [-0.1, -0.05) is 12.8 Å². The van der Waals surface area contributed by atoms with E-state index in [2.05, 4.69) is 60.5 Å². The van der Waals surface area contributed by atoms with E-state index < -0.39 is 0 Å². The summed E-state index contributed by atoms with van der Waals surface area (Å²) < 4.78 is 0. The molecule has 2 saturated heterocycles. The van der Waals surface area contributed by atoms with Crippen LogP contribution in [-0.4, -0.2) is 44.6 Å². The minimum absolute atomic E-state index is 0.0615. The van der Waals surface area contributed by atoms with Crippen molar-refractivity contribution in [1.82, 2.24) is 10.1 Å². The van der Waals surface area contributed by atoms with Gasteiger partial charge in [0.25, 0.3) is 0 Å². The second kappa shape index (κ2) is 7.93. The second-order valence-electron chi connectivity index (χ2n) is 11.8. The van der Waals surface area contributed by atoms with Crippen LogP contribution in [0.15, 0.2) is 0 Å². The summed E-state index contributed by atoms with van der Waals surface area (Å²) in [4.78, 5) is 5.82. The molecule has 0 amide bonds. The van der Waals surface area contributed by atoms with Crippen LogP contribution in [-0.2, 0) is 4.84 Å². The normalized spacial score (nSPS) is 34.0. The summed E-state index contributed by atoms with van der Waals surface area (Å²) in [6.07, 6.45) is 9.60. The van der Waals surface area contributed by atoms with Crippen LogP contribution >= 0.6 is 0 Å². The molecule has 0 aromatic rings. The molecule has 0 radical (unpaired) electrons. The van der Waals surface area contributed by atoms with Crippen LogP contribution in [0.25, 0.3) is 0 Å². The molecule has 160 valence electrons. The molecule has 0 spiro atoms. The molecule has 27 heavy (non-hydrogen) atoms. The minimum atomic E-state index is -0.151. The van der Waals surface area contributed by atoms with Crippen molar-refractivity contribution in [1.29, 1.82) is 0 Å². The van der Waals surface area contributed by atoms with Crippen molar-refractivity contribution in [3.63, 3.8) is 0 Å². The van der Waals surface area contributed by atoms with Crippen LogP contribution in [0.1, 0.15) is 107 Å². The Morgan fingerprint density at radius 1 is 0.741 bits per heavy atom. The standard InChI is InChI=1S/C23H46N2O2/c1-20(2)14-12-18(16-22(5,6)24(20)26)10-11-19-13-15-21(3,4)25(27-9)23(7,8)17-19/h18-19,26H,10-17H2,1-9H3. The Bertz CT molecular complexity index is 499. The Morgan fingerprint density at radius 3 is 1.67 bits per heavy atom. The molecule has 4 heteroatoms. The minimum Gasteiger partial charge on any atom is -0.313 e. The molecule has 2 rings (SSSR count). The molecule has 2 aliphatic rings. The lowest BCUT2D eigenvalue weighted by Gasteiger charge is -2.45. The summed E-state index contributed by atoms with van der Waals surface area (Å²) >= 11 is 0. The monoisotopic (exact) mass is 382 g/mol. The van der Waals surface area contributed by atoms with E-state index in [0.29, 0.717) is 5.92 Å². The number of nitrogens with zero attached hydrogens (tertiary/aromatic N) is 2. The predicted octanol–water partition coefficient (Wildman–Crippen LogP) is 6.04. The van der Waals surface area contributed by atoms with Gasteiger partial charge in [-0.2, -0.15) is 10.1 Å². The maximum Gasteiger partial charge on any atom is 0.0575 e. The highest BCUT2D eigenvalue weighted by atomic mass is 16.7. The molecule has 2 unspecified atom stereocenters. The number of hydroxylamine groups is 4. The van der Waals surface area contributed by atoms with Crippen molar-refractivity contribution in [2.75, 3.05) is 7.11 Å². The average Bonchev–Trinajstić information content (AvgIpc) is 2.66. The summed E-state index contributed by atoms with van der Waals surface area (Å²) in [5.74, 6) is 1.46. The molecule has 2 atom stereocenters. The van der Waals surface area contributed by atoms with Crippen molar-refractivity contribution in [3.05, 3.63) is 0 Å². The highest BCUT2D eigenvalue weighted by Gasteiger charge is 2.44. The summed E-state index contributed by atoms with van der Waals surface area (Å²) in [6, 6.07) is 0. The topological polar surface area (TPSA) is 35.9 Å². The zero-order chi connectivity index (χ0) is 20.7. The first-order valence-corrected chi connectivity index (χ1v) is 11.0. The molecular formula is C23H46N2O2. The maximum absolute atomic E-state index is 10.7. The van der Waals surface area contributed by atoms with Gasteiger partial charge in [-0.3, -0.25) is 0 Å². The van der Waals surface area contributed by atoms with Gasteiger partial charge in [-0.15, -0.1) is 0 Å². The lowest BCUT2D eigenvalue weighted by atomic mass is 9.81. The lowest BCUT2D eigenvalue weighted by Crippen LogP contribution is -2.53. The van der Waals surface area contributed by atoms with Crippen molar-refractivity contribution in [2.45, 2.75) is 129 Å². The Morgan fingerprint density at radius 2 is 1.19 bits per heavy atom. The van der Waals surface area contributed by atoms with Gasteiger partial charge < -0.3 is 10.0 Å². The van der Waals surface area contributed by atoms with E-state index in [1.807, 2.05) is 7.11 Å². The third-order valence-electron chi connectivity index (χ3n) is 7.32. The molecule has 4 nitrogen and oxygen atoms in total. The average molecular weight is 383 g/mol. The van der Waals surface area contributed by atoms with Gasteiger partial charge in [0, 0.05) is 22.2 Å². The lowest BCUT2D eigenvalue weighted by molar-refractivity contribution is -0.246. The Labute approximate surface area is 168 Å². The van der Waals surface area contributed by atoms with Crippen LogP contribution in [0.2, 0.25) is 0 Å². The molecule has 0 saturated carbocycles. The van der Waals surface area contributed by atoms with Crippen molar-refractivity contribution in [2.24, 2.45) is 11.8 Å². The molecule has 1 N–H and O–H groups in total. The van der Waals surface area contributed by atoms with Crippen molar-refractivity contribution in [3.8, 4) is 0 Å². The number of hydrogen-bond donors (Lipinski definition) is 1. The van der Waals surface area contributed by atoms with Crippen LogP contribution in [0.5, 0.6) is 0 Å². The van der Waals surface area contributed by atoms with Gasteiger partial charge in [0.15, 0.2) is 0 Å². The van der Waals surface area contributed by atoms with E-state index in [-0.39, 0.29) is 22.2 Å². The summed E-state index contributed by atoms with van der Waals surface area (Å²) in [5, 5.41) is 14.6. The summed E-state index contributed by atoms with van der Waals surface area (Å²) in [6.45, 7) is 18.0. The van der Waals surface area contributed by atoms with Gasteiger partial charge in [0.1, 0.15) is 0 Å². The highest BCUT2D eigenvalue weighted by Crippen LogP contribution is 2.43. The second-order valence-corrected chi connectivity index (χ2v) is 11.8. The smallest absolute Gasteiger partial charge is 0.0575 e. The van der Waals surface area contributed by atoms with E-state index in [4.69, 9.17) is 4.84 Å². The van der Waals surface area contributed by atoms with Crippen LogP contribution in [0, 0.1) is 11.8 Å². The first kappa shape index (κ1) is 23.1. The SMILES string of the molecule is CON1C(C)(C)CCC(CCC2CCC(C)(C)N(O)C(C)(C)C2)CC1(C)C. The molecule has 0 aliphatic carbocycles. The maximum atomic E-state index is 10.7. The third-order valence-corrected chi connectivity index (χ3v) is 7.32. The predicted molar refractivity (Wildman–Crippen MR) is 113 cm³/mol. The summed E-state index contributed by atoms with van der Waals surface area (Å²) in [5.41, 5.74) is -0.140. The molecular weight excluding hydrogens is 336 g/mol. The van der Waals surface area contributed by atoms with Gasteiger partial charge >= 0.3 is 0 Å². The molecule has 2 fully saturated rings. The zero-order valence-electron chi connectivity index (χ0n) is 19.6. The molecule has 2 heterocycles. The fourth-order valence-electron chi connectivity index (χ4n) is 6.21. The number of hydrogen-bond acceptors (Lipinski definition) is 4. The first-order valence-electron chi connectivity index (χ1n) is 11.0. The van der Waals surface area contributed by atoms with E-state index in [0.717, 1.165) is 18.8 Å². The Hall–Kier alpha value is -0.160. The van der Waals surface area contributed by atoms with Gasteiger partial charge in [-0.25, -0.2) is 0 Å². The molecule has 0 bridgehead atoms. The largest absolute Gasteiger partial charge is 0.313 e. The highest BCUT2D eigenvalue weighted by molar-refractivity contribution is 4.95. The van der Waals surface area contributed by atoms with Gasteiger partial charge in [-0.05, 0) is 106 Å². The van der Waals surface area contributed by atoms with Crippen LogP contribution < -0.4 is 0 Å². The Balaban J connectivity index is 2.02. The third kappa shape index (κ3) is 5.26. The number of rotatable bonds is 4. The fourth-order valence-corrected chi connectivity index (χ4v) is 6.21. The van der Waals surface area contributed by atoms with E-state index in [9.17, 15) is 5.21 Å². The van der Waals surface area contributed by atoms with E-state index >= 15 is 0 Å². The molecule has 2 aliphatic heterocycles. The van der Waals surface area contributed by atoms with E-state index in [1.54, 1.807) is 5.06 Å². The fraction of sp³-hybridized carbons (Fsp3) is 1.00. The van der Waals surface area contributed by atoms with E-state index in [1.165, 1.54) is 38.5 Å².